The molecule has 0 fully saturated rings. The summed E-state index contributed by atoms with van der Waals surface area (Å²) in [5.74, 6) is 0.321. The number of nitrogens with zero attached hydrogens (tertiary/aromatic N) is 2. The number of methoxy groups -OCH3 is 1. The molecule has 0 spiro atoms. The van der Waals surface area contributed by atoms with Crippen molar-refractivity contribution in [3.8, 4) is 5.75 Å². The lowest BCUT2D eigenvalue weighted by atomic mass is 10.1. The lowest BCUT2D eigenvalue weighted by molar-refractivity contribution is -0.384. The van der Waals surface area contributed by atoms with Crippen molar-refractivity contribution in [3.05, 3.63) is 88.1 Å². The van der Waals surface area contributed by atoms with Crippen molar-refractivity contribution in [1.29, 1.82) is 0 Å². The van der Waals surface area contributed by atoms with Crippen LogP contribution in [0.15, 0.2) is 76.9 Å². The first-order valence-corrected chi connectivity index (χ1v) is 12.1. The monoisotopic (exact) mass is 493 g/mol. The Labute approximate surface area is 201 Å². The smallest absolute Gasteiger partial charge is 0.295 e. The lowest BCUT2D eigenvalue weighted by Gasteiger charge is -2.12. The number of fused-ring (bicyclic) bond motifs is 1. The van der Waals surface area contributed by atoms with Crippen LogP contribution >= 0.6 is 0 Å². The predicted molar refractivity (Wildman–Crippen MR) is 136 cm³/mol. The molecule has 0 aliphatic rings. The number of nitro benzene ring substituents is 1. The summed E-state index contributed by atoms with van der Waals surface area (Å²) in [7, 11) is -2.70. The second-order valence-corrected chi connectivity index (χ2v) is 9.23. The van der Waals surface area contributed by atoms with Crippen LogP contribution in [0.5, 0.6) is 5.75 Å². The highest BCUT2D eigenvalue weighted by atomic mass is 32.2. The van der Waals surface area contributed by atoms with E-state index < -0.39 is 20.6 Å². The molecule has 1 aromatic heterocycles. The Morgan fingerprint density at radius 1 is 1.11 bits per heavy atom. The summed E-state index contributed by atoms with van der Waals surface area (Å²) in [5.41, 5.74) is 5.48. The molecule has 3 N–H and O–H groups in total. The summed E-state index contributed by atoms with van der Waals surface area (Å²) in [5, 5.41) is 16.8. The maximum atomic E-state index is 12.9. The van der Waals surface area contributed by atoms with Gasteiger partial charge in [0.1, 0.15) is 11.4 Å². The van der Waals surface area contributed by atoms with Gasteiger partial charge in [0, 0.05) is 28.7 Å². The molecule has 10 nitrogen and oxygen atoms in total. The van der Waals surface area contributed by atoms with Gasteiger partial charge >= 0.3 is 0 Å². The number of anilines is 2. The van der Waals surface area contributed by atoms with Crippen LogP contribution in [0, 0.1) is 10.1 Å². The molecule has 35 heavy (non-hydrogen) atoms. The van der Waals surface area contributed by atoms with Crippen molar-refractivity contribution >= 4 is 44.2 Å². The van der Waals surface area contributed by atoms with E-state index in [9.17, 15) is 18.5 Å². The largest absolute Gasteiger partial charge is 0.495 e. The van der Waals surface area contributed by atoms with Gasteiger partial charge in [-0.15, -0.1) is 0 Å². The number of H-pyrrole nitrogens is 1. The van der Waals surface area contributed by atoms with Gasteiger partial charge in [-0.1, -0.05) is 37.3 Å². The molecule has 0 saturated carbocycles. The summed E-state index contributed by atoms with van der Waals surface area (Å²) in [4.78, 5) is 14.0. The highest BCUT2D eigenvalue weighted by molar-refractivity contribution is 7.92. The molecule has 0 aliphatic carbocycles. The van der Waals surface area contributed by atoms with Crippen molar-refractivity contribution in [2.24, 2.45) is 5.10 Å². The fourth-order valence-corrected chi connectivity index (χ4v) is 4.76. The zero-order valence-corrected chi connectivity index (χ0v) is 19.8. The number of hydrazone groups is 1. The quantitative estimate of drug-likeness (QED) is 0.172. The van der Waals surface area contributed by atoms with E-state index in [0.29, 0.717) is 5.75 Å². The number of aromatic nitrogens is 1. The van der Waals surface area contributed by atoms with Gasteiger partial charge in [-0.2, -0.15) is 5.10 Å². The number of rotatable bonds is 9. The predicted octanol–water partition coefficient (Wildman–Crippen LogP) is 4.89. The number of aryl methyl sites for hydroxylation is 1. The Kier molecular flexibility index (Phi) is 6.69. The summed E-state index contributed by atoms with van der Waals surface area (Å²) in [6.45, 7) is 2.07. The second-order valence-electron chi connectivity index (χ2n) is 7.55. The second kappa shape index (κ2) is 9.85. The number of hydrogen-bond acceptors (Lipinski definition) is 7. The molecule has 11 heteroatoms. The van der Waals surface area contributed by atoms with E-state index in [2.05, 4.69) is 27.2 Å². The summed E-state index contributed by atoms with van der Waals surface area (Å²) >= 11 is 0. The van der Waals surface area contributed by atoms with E-state index in [1.165, 1.54) is 30.9 Å². The van der Waals surface area contributed by atoms with Crippen LogP contribution in [-0.4, -0.2) is 31.6 Å². The maximum absolute atomic E-state index is 12.9. The molecule has 0 amide bonds. The Morgan fingerprint density at radius 3 is 2.66 bits per heavy atom. The number of nitro groups is 1. The number of sulfonamides is 1. The van der Waals surface area contributed by atoms with Crippen LogP contribution in [0.3, 0.4) is 0 Å². The first-order chi connectivity index (χ1) is 16.8. The Morgan fingerprint density at radius 2 is 1.91 bits per heavy atom. The zero-order chi connectivity index (χ0) is 25.0. The fourth-order valence-electron chi connectivity index (χ4n) is 3.67. The number of para-hydroxylation sites is 3. The molecule has 1 heterocycles. The van der Waals surface area contributed by atoms with Crippen LogP contribution < -0.4 is 14.9 Å². The molecular weight excluding hydrogens is 470 g/mol. The minimum atomic E-state index is -4.11. The normalized spacial score (nSPS) is 11.6. The summed E-state index contributed by atoms with van der Waals surface area (Å²) in [6, 6.07) is 16.0. The SMILES string of the molecule is CCc1cccc2c(C=NNc3ccc(S(=O)(=O)Nc4ccccc4OC)cc3[N+](=O)[O-])c[nH]c12. The molecule has 180 valence electrons. The van der Waals surface area contributed by atoms with E-state index in [-0.39, 0.29) is 16.3 Å². The van der Waals surface area contributed by atoms with E-state index in [0.717, 1.165) is 29.0 Å². The first kappa shape index (κ1) is 23.8. The van der Waals surface area contributed by atoms with Crippen molar-refractivity contribution in [2.75, 3.05) is 17.3 Å². The van der Waals surface area contributed by atoms with Gasteiger partial charge < -0.3 is 9.72 Å². The number of aromatic amines is 1. The molecule has 0 aliphatic heterocycles. The fraction of sp³-hybridized carbons (Fsp3) is 0.125. The van der Waals surface area contributed by atoms with Gasteiger partial charge in [0.05, 0.1) is 28.8 Å². The third-order valence-corrected chi connectivity index (χ3v) is 6.79. The number of ether oxygens (including phenoxy) is 1. The van der Waals surface area contributed by atoms with Crippen LogP contribution in [0.25, 0.3) is 10.9 Å². The van der Waals surface area contributed by atoms with E-state index >= 15 is 0 Å². The van der Waals surface area contributed by atoms with Crippen LogP contribution in [0.2, 0.25) is 0 Å². The van der Waals surface area contributed by atoms with Gasteiger partial charge in [0.2, 0.25) is 0 Å². The average Bonchev–Trinajstić information content (AvgIpc) is 3.27. The Hall–Kier alpha value is -4.38. The highest BCUT2D eigenvalue weighted by Crippen LogP contribution is 2.31. The van der Waals surface area contributed by atoms with Gasteiger partial charge in [0.25, 0.3) is 15.7 Å². The van der Waals surface area contributed by atoms with E-state index in [1.807, 2.05) is 24.4 Å². The third-order valence-electron chi connectivity index (χ3n) is 5.43. The van der Waals surface area contributed by atoms with Gasteiger partial charge in [-0.3, -0.25) is 20.3 Å². The topological polar surface area (TPSA) is 139 Å². The maximum Gasteiger partial charge on any atom is 0.295 e. The van der Waals surface area contributed by atoms with E-state index in [4.69, 9.17) is 4.74 Å². The molecule has 3 aromatic carbocycles. The molecule has 0 saturated heterocycles. The van der Waals surface area contributed by atoms with E-state index in [1.54, 1.807) is 24.4 Å². The molecule has 0 unspecified atom stereocenters. The van der Waals surface area contributed by atoms with Gasteiger partial charge in [0.15, 0.2) is 0 Å². The van der Waals surface area contributed by atoms with Crippen LogP contribution in [0.4, 0.5) is 17.1 Å². The van der Waals surface area contributed by atoms with Crippen molar-refractivity contribution < 1.29 is 18.1 Å². The Bertz CT molecular complexity index is 1530. The number of hydrogen-bond donors (Lipinski definition) is 3. The standard InChI is InChI=1S/C24H23N5O5S/c1-3-16-7-6-8-19-17(14-25-24(16)19)15-26-27-20-12-11-18(13-22(20)29(30)31)35(32,33)28-21-9-4-5-10-23(21)34-2/h4-15,25,27-28H,3H2,1-2H3. The molecular formula is C24H23N5O5S. The summed E-state index contributed by atoms with van der Waals surface area (Å²) in [6.07, 6.45) is 4.23. The zero-order valence-electron chi connectivity index (χ0n) is 19.0. The number of nitrogens with one attached hydrogen (secondary N) is 3. The van der Waals surface area contributed by atoms with Gasteiger partial charge in [-0.05, 0) is 36.2 Å². The molecule has 4 rings (SSSR count). The molecule has 4 aromatic rings. The molecule has 0 radical (unpaired) electrons. The van der Waals surface area contributed by atoms with Crippen molar-refractivity contribution in [3.63, 3.8) is 0 Å². The van der Waals surface area contributed by atoms with Crippen molar-refractivity contribution in [2.45, 2.75) is 18.2 Å². The number of benzene rings is 3. The minimum absolute atomic E-state index is 0.0524. The highest BCUT2D eigenvalue weighted by Gasteiger charge is 2.22. The van der Waals surface area contributed by atoms with Crippen LogP contribution in [0.1, 0.15) is 18.1 Å². The van der Waals surface area contributed by atoms with Gasteiger partial charge in [-0.25, -0.2) is 8.42 Å². The van der Waals surface area contributed by atoms with Crippen LogP contribution in [-0.2, 0) is 16.4 Å². The Balaban J connectivity index is 1.59. The van der Waals surface area contributed by atoms with Crippen molar-refractivity contribution in [1.82, 2.24) is 4.98 Å². The molecule has 0 bridgehead atoms. The molecule has 0 atom stereocenters. The summed E-state index contributed by atoms with van der Waals surface area (Å²) < 4.78 is 33.3. The lowest BCUT2D eigenvalue weighted by Crippen LogP contribution is -2.14. The average molecular weight is 494 g/mol. The minimum Gasteiger partial charge on any atom is -0.495 e. The third kappa shape index (κ3) is 4.94. The first-order valence-electron chi connectivity index (χ1n) is 10.7.